The summed E-state index contributed by atoms with van der Waals surface area (Å²) in [6.45, 7) is -0.527. The molecule has 3 rings (SSSR count). The Labute approximate surface area is 195 Å². The van der Waals surface area contributed by atoms with Gasteiger partial charge < -0.3 is 20.3 Å². The quantitative estimate of drug-likeness (QED) is 0.288. The van der Waals surface area contributed by atoms with Crippen LogP contribution in [0.4, 0.5) is 5.69 Å². The van der Waals surface area contributed by atoms with Gasteiger partial charge in [0.2, 0.25) is 0 Å². The lowest BCUT2D eigenvalue weighted by atomic mass is 10.0. The average molecular weight is 526 g/mol. The van der Waals surface area contributed by atoms with E-state index in [1.165, 1.54) is 35.0 Å². The van der Waals surface area contributed by atoms with Crippen LogP contribution in [0.3, 0.4) is 0 Å². The number of nitrogens with zero attached hydrogens (tertiary/aromatic N) is 3. The minimum absolute atomic E-state index is 0.0301. The van der Waals surface area contributed by atoms with Crippen molar-refractivity contribution in [2.24, 2.45) is 0 Å². The van der Waals surface area contributed by atoms with Gasteiger partial charge in [0.25, 0.3) is 11.6 Å². The van der Waals surface area contributed by atoms with Gasteiger partial charge in [0.05, 0.1) is 22.0 Å². The maximum atomic E-state index is 12.5. The highest BCUT2D eigenvalue weighted by atomic mass is 79.9. The predicted octanol–water partition coefficient (Wildman–Crippen LogP) is 3.07. The third kappa shape index (κ3) is 5.82. The molecule has 0 aliphatic heterocycles. The number of nitro groups is 1. The number of aromatic nitrogens is 2. The van der Waals surface area contributed by atoms with Gasteiger partial charge in [0.15, 0.2) is 6.73 Å². The number of aliphatic hydroxyl groups excluding tert-OH is 2. The molecule has 0 aliphatic carbocycles. The number of hydrogen-bond donors (Lipinski definition) is 3. The van der Waals surface area contributed by atoms with E-state index >= 15 is 0 Å². The van der Waals surface area contributed by atoms with E-state index in [4.69, 9.17) is 16.3 Å². The summed E-state index contributed by atoms with van der Waals surface area (Å²) < 4.78 is 7.70. The number of rotatable bonds is 9. The molecule has 1 aromatic heterocycles. The molecule has 1 amide bonds. The maximum Gasteiger partial charge on any atom is 0.272 e. The minimum atomic E-state index is -1.28. The van der Waals surface area contributed by atoms with Gasteiger partial charge >= 0.3 is 0 Å². The van der Waals surface area contributed by atoms with Gasteiger partial charge in [-0.1, -0.05) is 11.6 Å². The van der Waals surface area contributed by atoms with E-state index in [-0.39, 0.29) is 18.1 Å². The third-order valence-electron chi connectivity index (χ3n) is 4.46. The predicted molar refractivity (Wildman–Crippen MR) is 118 cm³/mol. The average Bonchev–Trinajstić information content (AvgIpc) is 3.25. The minimum Gasteiger partial charge on any atom is -0.470 e. The summed E-state index contributed by atoms with van der Waals surface area (Å²) in [4.78, 5) is 22.7. The highest BCUT2D eigenvalue weighted by Gasteiger charge is 2.24. The van der Waals surface area contributed by atoms with Crippen LogP contribution in [-0.2, 0) is 6.73 Å². The van der Waals surface area contributed by atoms with Gasteiger partial charge in [-0.05, 0) is 57.9 Å². The first kappa shape index (κ1) is 23.7. The molecule has 0 fully saturated rings. The summed E-state index contributed by atoms with van der Waals surface area (Å²) in [5.74, 6) is -0.0705. The highest BCUT2D eigenvalue weighted by molar-refractivity contribution is 9.10. The molecular formula is C20H18BrClN4O6. The van der Waals surface area contributed by atoms with Crippen molar-refractivity contribution in [3.63, 3.8) is 0 Å². The Morgan fingerprint density at radius 1 is 1.28 bits per heavy atom. The van der Waals surface area contributed by atoms with E-state index in [0.717, 1.165) is 0 Å². The van der Waals surface area contributed by atoms with Gasteiger partial charge in [-0.15, -0.1) is 0 Å². The van der Waals surface area contributed by atoms with Crippen molar-refractivity contribution in [1.29, 1.82) is 0 Å². The van der Waals surface area contributed by atoms with Crippen molar-refractivity contribution in [2.75, 3.05) is 6.61 Å². The van der Waals surface area contributed by atoms with Crippen LogP contribution in [-0.4, -0.2) is 43.5 Å². The van der Waals surface area contributed by atoms with Crippen molar-refractivity contribution < 1.29 is 24.7 Å². The van der Waals surface area contributed by atoms with Crippen LogP contribution in [0.1, 0.15) is 22.2 Å². The standard InChI is InChI=1S/C20H18BrClN4O6/c21-15-9-13(22)3-6-18(15)32-11-25-8-7-16(24-25)20(29)23-17(10-27)19(28)12-1-4-14(5-2-12)26(30)31/h1-9,17,19,27-28H,10-11H2,(H,23,29). The van der Waals surface area contributed by atoms with Crippen molar-refractivity contribution in [3.8, 4) is 5.75 Å². The van der Waals surface area contributed by atoms with Crippen LogP contribution in [0, 0.1) is 10.1 Å². The van der Waals surface area contributed by atoms with Gasteiger partial charge in [-0.2, -0.15) is 5.10 Å². The largest absolute Gasteiger partial charge is 0.470 e. The lowest BCUT2D eigenvalue weighted by Gasteiger charge is -2.22. The first-order valence-electron chi connectivity index (χ1n) is 9.24. The molecule has 32 heavy (non-hydrogen) atoms. The van der Waals surface area contributed by atoms with Crippen LogP contribution < -0.4 is 10.1 Å². The molecule has 2 atom stereocenters. The maximum absolute atomic E-state index is 12.5. The Kier molecular flexibility index (Phi) is 7.80. The third-order valence-corrected chi connectivity index (χ3v) is 5.31. The van der Waals surface area contributed by atoms with Gasteiger partial charge in [0.1, 0.15) is 17.5 Å². The lowest BCUT2D eigenvalue weighted by molar-refractivity contribution is -0.384. The molecule has 0 saturated heterocycles. The molecule has 0 saturated carbocycles. The number of non-ortho nitro benzene ring substituents is 1. The Hall–Kier alpha value is -2.99. The van der Waals surface area contributed by atoms with Crippen LogP contribution in [0.5, 0.6) is 5.75 Å². The molecule has 0 radical (unpaired) electrons. The summed E-state index contributed by atoms with van der Waals surface area (Å²) in [5, 5.41) is 38.0. The second kappa shape index (κ2) is 10.6. The molecule has 0 aliphatic rings. The zero-order chi connectivity index (χ0) is 23.3. The SMILES string of the molecule is O=C(NC(CO)C(O)c1ccc([N+](=O)[O-])cc1)c1ccn(COc2ccc(Cl)cc2Br)n1. The van der Waals surface area contributed by atoms with Crippen LogP contribution in [0.2, 0.25) is 5.02 Å². The zero-order valence-electron chi connectivity index (χ0n) is 16.4. The molecule has 10 nitrogen and oxygen atoms in total. The number of carbonyl (C=O) groups is 1. The molecule has 2 unspecified atom stereocenters. The number of benzene rings is 2. The Balaban J connectivity index is 1.61. The van der Waals surface area contributed by atoms with Gasteiger partial charge in [-0.25, -0.2) is 4.68 Å². The summed E-state index contributed by atoms with van der Waals surface area (Å²) in [6.07, 6.45) is 0.261. The Bertz CT molecular complexity index is 1110. The van der Waals surface area contributed by atoms with E-state index in [1.54, 1.807) is 24.4 Å². The first-order chi connectivity index (χ1) is 15.3. The summed E-state index contributed by atoms with van der Waals surface area (Å²) in [6, 6.07) is 10.6. The fourth-order valence-electron chi connectivity index (χ4n) is 2.77. The van der Waals surface area contributed by atoms with E-state index in [9.17, 15) is 25.1 Å². The number of nitro benzene ring substituents is 1. The normalized spacial score (nSPS) is 12.8. The van der Waals surface area contributed by atoms with Gasteiger partial charge in [0, 0.05) is 23.4 Å². The molecule has 12 heteroatoms. The lowest BCUT2D eigenvalue weighted by Crippen LogP contribution is -2.42. The number of aliphatic hydroxyl groups is 2. The fraction of sp³-hybridized carbons (Fsp3) is 0.200. The van der Waals surface area contributed by atoms with E-state index in [2.05, 4.69) is 26.3 Å². The number of hydrogen-bond acceptors (Lipinski definition) is 7. The number of carbonyl (C=O) groups excluding carboxylic acids is 1. The summed E-state index contributed by atoms with van der Waals surface area (Å²) in [5.41, 5.74) is 0.226. The van der Waals surface area contributed by atoms with Crippen molar-refractivity contribution in [1.82, 2.24) is 15.1 Å². The molecule has 1 heterocycles. The number of halogens is 2. The molecule has 3 N–H and O–H groups in total. The zero-order valence-corrected chi connectivity index (χ0v) is 18.7. The van der Waals surface area contributed by atoms with Crippen LogP contribution >= 0.6 is 27.5 Å². The molecule has 2 aromatic carbocycles. The Morgan fingerprint density at radius 3 is 2.62 bits per heavy atom. The van der Waals surface area contributed by atoms with Crippen molar-refractivity contribution >= 4 is 39.1 Å². The van der Waals surface area contributed by atoms with Crippen LogP contribution in [0.25, 0.3) is 0 Å². The van der Waals surface area contributed by atoms with E-state index in [0.29, 0.717) is 20.8 Å². The number of amides is 1. The number of ether oxygens (including phenoxy) is 1. The topological polar surface area (TPSA) is 140 Å². The first-order valence-corrected chi connectivity index (χ1v) is 10.4. The number of nitrogens with one attached hydrogen (secondary N) is 1. The van der Waals surface area contributed by atoms with Gasteiger partial charge in [-0.3, -0.25) is 14.9 Å². The summed E-state index contributed by atoms with van der Waals surface area (Å²) in [7, 11) is 0. The van der Waals surface area contributed by atoms with E-state index in [1.807, 2.05) is 0 Å². The molecule has 0 bridgehead atoms. The molecule has 168 valence electrons. The molecular weight excluding hydrogens is 508 g/mol. The molecule has 0 spiro atoms. The second-order valence-corrected chi connectivity index (χ2v) is 7.94. The highest BCUT2D eigenvalue weighted by Crippen LogP contribution is 2.28. The molecule has 3 aromatic rings. The van der Waals surface area contributed by atoms with Crippen molar-refractivity contribution in [2.45, 2.75) is 18.9 Å². The van der Waals surface area contributed by atoms with Crippen molar-refractivity contribution in [3.05, 3.63) is 85.6 Å². The fourth-order valence-corrected chi connectivity index (χ4v) is 3.57. The smallest absolute Gasteiger partial charge is 0.272 e. The second-order valence-electron chi connectivity index (χ2n) is 6.64. The summed E-state index contributed by atoms with van der Waals surface area (Å²) >= 11 is 9.24. The van der Waals surface area contributed by atoms with E-state index < -0.39 is 29.6 Å². The Morgan fingerprint density at radius 2 is 2.00 bits per heavy atom. The monoisotopic (exact) mass is 524 g/mol. The van der Waals surface area contributed by atoms with Crippen LogP contribution in [0.15, 0.2) is 59.2 Å².